The Morgan fingerprint density at radius 1 is 1.12 bits per heavy atom. The summed E-state index contributed by atoms with van der Waals surface area (Å²) in [6, 6.07) is 7.49. The van der Waals surface area contributed by atoms with Crippen molar-refractivity contribution >= 4 is 22.7 Å². The average Bonchev–Trinajstić information content (AvgIpc) is 3.12. The zero-order valence-electron chi connectivity index (χ0n) is 15.3. The van der Waals surface area contributed by atoms with E-state index in [9.17, 15) is 4.79 Å². The Balaban J connectivity index is 1.83. The third kappa shape index (κ3) is 4.33. The highest BCUT2D eigenvalue weighted by atomic mass is 32.2. The van der Waals surface area contributed by atoms with Crippen LogP contribution in [0.5, 0.6) is 0 Å². The third-order valence-electron chi connectivity index (χ3n) is 4.15. The molecule has 26 heavy (non-hydrogen) atoms. The molecule has 0 bridgehead atoms. The summed E-state index contributed by atoms with van der Waals surface area (Å²) >= 11 is 1.48. The molecule has 3 aromatic rings. The van der Waals surface area contributed by atoms with Gasteiger partial charge in [0.15, 0.2) is 11.0 Å². The number of para-hydroxylation sites is 1. The van der Waals surface area contributed by atoms with E-state index in [-0.39, 0.29) is 5.56 Å². The molecule has 2 heterocycles. The Kier molecular flexibility index (Phi) is 6.44. The molecule has 0 unspecified atom stereocenters. The molecule has 0 aliphatic rings. The Morgan fingerprint density at radius 2 is 1.92 bits per heavy atom. The van der Waals surface area contributed by atoms with Crippen molar-refractivity contribution in [3.05, 3.63) is 46.3 Å². The number of benzene rings is 1. The molecular weight excluding hydrogens is 348 g/mol. The van der Waals surface area contributed by atoms with Crippen molar-refractivity contribution in [1.29, 1.82) is 0 Å². The number of hydrogen-bond acceptors (Lipinski definition) is 6. The molecule has 2 aromatic heterocycles. The number of rotatable bonds is 9. The van der Waals surface area contributed by atoms with Gasteiger partial charge in [-0.3, -0.25) is 9.36 Å². The molecular formula is C19H24N4O2S. The van der Waals surface area contributed by atoms with Crippen molar-refractivity contribution in [2.75, 3.05) is 0 Å². The van der Waals surface area contributed by atoms with Gasteiger partial charge in [0.2, 0.25) is 5.89 Å². The van der Waals surface area contributed by atoms with Gasteiger partial charge < -0.3 is 4.52 Å². The first-order valence-corrected chi connectivity index (χ1v) is 10.1. The normalized spacial score (nSPS) is 11.3. The molecule has 0 saturated heterocycles. The first-order chi connectivity index (χ1) is 12.7. The van der Waals surface area contributed by atoms with Crippen LogP contribution in [-0.4, -0.2) is 19.7 Å². The van der Waals surface area contributed by atoms with Gasteiger partial charge in [0.05, 0.1) is 16.7 Å². The van der Waals surface area contributed by atoms with Crippen LogP contribution in [-0.2, 0) is 18.7 Å². The highest BCUT2D eigenvalue weighted by Crippen LogP contribution is 2.21. The van der Waals surface area contributed by atoms with Gasteiger partial charge in [-0.2, -0.15) is 4.98 Å². The van der Waals surface area contributed by atoms with Crippen LogP contribution in [0.15, 0.2) is 38.7 Å². The maximum Gasteiger partial charge on any atom is 0.262 e. The topological polar surface area (TPSA) is 73.8 Å². The summed E-state index contributed by atoms with van der Waals surface area (Å²) in [7, 11) is 0. The lowest BCUT2D eigenvalue weighted by Crippen LogP contribution is -2.23. The molecule has 3 rings (SSSR count). The van der Waals surface area contributed by atoms with Gasteiger partial charge in [-0.05, 0) is 25.0 Å². The molecule has 0 spiro atoms. The zero-order valence-corrected chi connectivity index (χ0v) is 16.1. The van der Waals surface area contributed by atoms with Crippen LogP contribution >= 0.6 is 11.8 Å². The molecule has 0 saturated carbocycles. The van der Waals surface area contributed by atoms with Gasteiger partial charge in [0.25, 0.3) is 5.56 Å². The maximum atomic E-state index is 12.8. The summed E-state index contributed by atoms with van der Waals surface area (Å²) in [6.45, 7) is 4.92. The minimum atomic E-state index is 0.0169. The second-order valence-electron chi connectivity index (χ2n) is 6.22. The summed E-state index contributed by atoms with van der Waals surface area (Å²) in [4.78, 5) is 22.0. The molecule has 0 aliphatic carbocycles. The molecule has 0 fully saturated rings. The minimum Gasteiger partial charge on any atom is -0.339 e. The zero-order chi connectivity index (χ0) is 18.4. The number of nitrogens with zero attached hydrogens (tertiary/aromatic N) is 4. The summed E-state index contributed by atoms with van der Waals surface area (Å²) in [6.07, 6.45) is 4.91. The van der Waals surface area contributed by atoms with Gasteiger partial charge in [-0.15, -0.1) is 0 Å². The molecule has 7 heteroatoms. The summed E-state index contributed by atoms with van der Waals surface area (Å²) in [5.41, 5.74) is 0.743. The maximum absolute atomic E-state index is 12.8. The Labute approximate surface area is 157 Å². The van der Waals surface area contributed by atoms with Crippen molar-refractivity contribution in [3.8, 4) is 0 Å². The second kappa shape index (κ2) is 8.98. The molecule has 0 amide bonds. The van der Waals surface area contributed by atoms with Gasteiger partial charge >= 0.3 is 0 Å². The molecule has 0 atom stereocenters. The summed E-state index contributed by atoms with van der Waals surface area (Å²) in [5, 5.41) is 5.41. The quantitative estimate of drug-likeness (QED) is 0.414. The highest BCUT2D eigenvalue weighted by molar-refractivity contribution is 7.98. The number of fused-ring (bicyclic) bond motifs is 1. The number of aryl methyl sites for hydroxylation is 1. The van der Waals surface area contributed by atoms with Crippen molar-refractivity contribution < 1.29 is 4.52 Å². The average molecular weight is 372 g/mol. The summed E-state index contributed by atoms with van der Waals surface area (Å²) in [5.74, 6) is 1.86. The van der Waals surface area contributed by atoms with Crippen LogP contribution in [0.4, 0.5) is 0 Å². The van der Waals surface area contributed by atoms with E-state index in [0.717, 1.165) is 37.6 Å². The van der Waals surface area contributed by atoms with Gasteiger partial charge in [0.1, 0.15) is 0 Å². The number of unbranched alkanes of at least 4 members (excludes halogenated alkanes) is 2. The van der Waals surface area contributed by atoms with Crippen LogP contribution in [0.25, 0.3) is 10.9 Å². The lowest BCUT2D eigenvalue weighted by Gasteiger charge is -2.12. The fraction of sp³-hybridized carbons (Fsp3) is 0.474. The molecule has 6 nitrogen and oxygen atoms in total. The van der Waals surface area contributed by atoms with E-state index in [4.69, 9.17) is 9.51 Å². The Bertz CT molecular complexity index is 919. The van der Waals surface area contributed by atoms with Crippen molar-refractivity contribution in [2.24, 2.45) is 0 Å². The largest absolute Gasteiger partial charge is 0.339 e. The summed E-state index contributed by atoms with van der Waals surface area (Å²) < 4.78 is 7.05. The smallest absolute Gasteiger partial charge is 0.262 e. The van der Waals surface area contributed by atoms with E-state index in [0.29, 0.717) is 34.6 Å². The Hall–Kier alpha value is -2.15. The van der Waals surface area contributed by atoms with E-state index in [1.807, 2.05) is 24.3 Å². The fourth-order valence-corrected chi connectivity index (χ4v) is 3.55. The molecule has 138 valence electrons. The fourth-order valence-electron chi connectivity index (χ4n) is 2.68. The van der Waals surface area contributed by atoms with E-state index >= 15 is 0 Å². The van der Waals surface area contributed by atoms with Crippen LogP contribution in [0, 0.1) is 0 Å². The number of hydrogen-bond donors (Lipinski definition) is 0. The molecule has 0 radical (unpaired) electrons. The molecule has 0 aliphatic heterocycles. The van der Waals surface area contributed by atoms with Crippen LogP contribution in [0.2, 0.25) is 0 Å². The molecule has 1 aromatic carbocycles. The lowest BCUT2D eigenvalue weighted by atomic mass is 10.2. The first-order valence-electron chi connectivity index (χ1n) is 9.16. The van der Waals surface area contributed by atoms with Crippen molar-refractivity contribution in [3.63, 3.8) is 0 Å². The lowest BCUT2D eigenvalue weighted by molar-refractivity contribution is 0.371. The van der Waals surface area contributed by atoms with Gasteiger partial charge in [0, 0.05) is 13.0 Å². The van der Waals surface area contributed by atoms with Gasteiger partial charge in [-0.1, -0.05) is 55.7 Å². The first kappa shape index (κ1) is 18.6. The van der Waals surface area contributed by atoms with E-state index in [2.05, 4.69) is 24.0 Å². The predicted molar refractivity (Wildman–Crippen MR) is 103 cm³/mol. The monoisotopic (exact) mass is 372 g/mol. The Morgan fingerprint density at radius 3 is 2.73 bits per heavy atom. The molecule has 0 N–H and O–H groups in total. The third-order valence-corrected chi connectivity index (χ3v) is 5.12. The predicted octanol–water partition coefficient (Wildman–Crippen LogP) is 4.21. The standard InChI is InChI=1S/C19H24N4O2S/c1-3-5-11-17-21-16(22-25-17)13-26-19-20-15-10-8-7-9-14(15)18(24)23(19)12-6-4-2/h7-10H,3-6,11-13H2,1-2H3. The van der Waals surface area contributed by atoms with Gasteiger partial charge in [-0.25, -0.2) is 4.98 Å². The van der Waals surface area contributed by atoms with Crippen LogP contribution < -0.4 is 5.56 Å². The number of aromatic nitrogens is 4. The minimum absolute atomic E-state index is 0.0169. The van der Waals surface area contributed by atoms with Crippen molar-refractivity contribution in [1.82, 2.24) is 19.7 Å². The van der Waals surface area contributed by atoms with Crippen LogP contribution in [0.3, 0.4) is 0 Å². The number of thioether (sulfide) groups is 1. The second-order valence-corrected chi connectivity index (χ2v) is 7.16. The SMILES string of the molecule is CCCCc1nc(CSc2nc3ccccc3c(=O)n2CCCC)no1. The van der Waals surface area contributed by atoms with E-state index in [1.165, 1.54) is 11.8 Å². The van der Waals surface area contributed by atoms with E-state index < -0.39 is 0 Å². The highest BCUT2D eigenvalue weighted by Gasteiger charge is 2.13. The van der Waals surface area contributed by atoms with Crippen molar-refractivity contribution in [2.45, 2.75) is 63.4 Å². The van der Waals surface area contributed by atoms with E-state index in [1.54, 1.807) is 4.57 Å². The van der Waals surface area contributed by atoms with Crippen LogP contribution in [0.1, 0.15) is 51.2 Å².